The molecular formula is C16H26ClNO. The molecule has 3 heteroatoms. The molecule has 0 fully saturated rings. The van der Waals surface area contributed by atoms with Gasteiger partial charge in [0.2, 0.25) is 0 Å². The van der Waals surface area contributed by atoms with Crippen molar-refractivity contribution in [2.45, 2.75) is 40.2 Å². The van der Waals surface area contributed by atoms with Crippen LogP contribution in [0.5, 0.6) is 0 Å². The van der Waals surface area contributed by atoms with E-state index in [4.69, 9.17) is 16.3 Å². The Kier molecular flexibility index (Phi) is 6.84. The molecule has 0 radical (unpaired) electrons. The summed E-state index contributed by atoms with van der Waals surface area (Å²) in [7, 11) is 0. The van der Waals surface area contributed by atoms with E-state index in [0.29, 0.717) is 5.41 Å². The maximum absolute atomic E-state index is 6.26. The molecule has 0 aliphatic carbocycles. The number of nitrogens with one attached hydrogen (secondary N) is 1. The summed E-state index contributed by atoms with van der Waals surface area (Å²) < 4.78 is 6.04. The molecule has 0 amide bonds. The minimum Gasteiger partial charge on any atom is -0.372 e. The molecule has 0 aliphatic rings. The fraction of sp³-hybridized carbons (Fsp3) is 0.625. The van der Waals surface area contributed by atoms with E-state index in [1.54, 1.807) is 0 Å². The summed E-state index contributed by atoms with van der Waals surface area (Å²) in [5.41, 5.74) is 1.36. The van der Waals surface area contributed by atoms with Gasteiger partial charge in [0.15, 0.2) is 0 Å². The molecular weight excluding hydrogens is 258 g/mol. The van der Waals surface area contributed by atoms with E-state index in [2.05, 4.69) is 33.0 Å². The van der Waals surface area contributed by atoms with Crippen molar-refractivity contribution in [3.05, 3.63) is 34.9 Å². The number of likely N-dealkylation sites (N-methyl/N-ethyl adjacent to an activating group) is 1. The van der Waals surface area contributed by atoms with Gasteiger partial charge in [0, 0.05) is 23.7 Å². The number of rotatable bonds is 7. The second-order valence-electron chi connectivity index (χ2n) is 6.00. The highest BCUT2D eigenvalue weighted by Gasteiger charge is 2.16. The maximum atomic E-state index is 6.26. The Labute approximate surface area is 122 Å². The normalized spacial score (nSPS) is 13.5. The standard InChI is InChI=1S/C16H26ClNO/c1-5-18-12-15(19-11-10-16(2,3)4)13-8-6-7-9-14(13)17/h6-9,15,18H,5,10-12H2,1-4H3. The van der Waals surface area contributed by atoms with Crippen molar-refractivity contribution in [1.29, 1.82) is 0 Å². The van der Waals surface area contributed by atoms with E-state index in [1.165, 1.54) is 0 Å². The molecule has 2 nitrogen and oxygen atoms in total. The molecule has 0 bridgehead atoms. The zero-order valence-corrected chi connectivity index (χ0v) is 13.3. The molecule has 0 aromatic heterocycles. The van der Waals surface area contributed by atoms with Crippen LogP contribution in [0, 0.1) is 5.41 Å². The van der Waals surface area contributed by atoms with E-state index in [-0.39, 0.29) is 6.10 Å². The van der Waals surface area contributed by atoms with Gasteiger partial charge in [-0.25, -0.2) is 0 Å². The monoisotopic (exact) mass is 283 g/mol. The summed E-state index contributed by atoms with van der Waals surface area (Å²) in [5.74, 6) is 0. The van der Waals surface area contributed by atoms with Crippen molar-refractivity contribution in [1.82, 2.24) is 5.32 Å². The molecule has 1 N–H and O–H groups in total. The van der Waals surface area contributed by atoms with Crippen LogP contribution in [0.1, 0.15) is 45.8 Å². The van der Waals surface area contributed by atoms with Gasteiger partial charge in [-0.2, -0.15) is 0 Å². The number of hydrogen-bond acceptors (Lipinski definition) is 2. The predicted octanol–water partition coefficient (Wildman–Crippen LogP) is 4.44. The van der Waals surface area contributed by atoms with E-state index < -0.39 is 0 Å². The lowest BCUT2D eigenvalue weighted by Crippen LogP contribution is -2.24. The first-order chi connectivity index (χ1) is 8.94. The van der Waals surface area contributed by atoms with E-state index >= 15 is 0 Å². The van der Waals surface area contributed by atoms with Gasteiger partial charge in [-0.3, -0.25) is 0 Å². The Balaban J connectivity index is 2.64. The van der Waals surface area contributed by atoms with Gasteiger partial charge in [0.25, 0.3) is 0 Å². The van der Waals surface area contributed by atoms with E-state index in [0.717, 1.165) is 36.7 Å². The molecule has 0 aliphatic heterocycles. The zero-order valence-electron chi connectivity index (χ0n) is 12.5. The molecule has 0 heterocycles. The first-order valence-electron chi connectivity index (χ1n) is 7.01. The SMILES string of the molecule is CCNCC(OCCC(C)(C)C)c1ccccc1Cl. The lowest BCUT2D eigenvalue weighted by molar-refractivity contribution is 0.0373. The zero-order chi connectivity index (χ0) is 14.3. The predicted molar refractivity (Wildman–Crippen MR) is 82.8 cm³/mol. The summed E-state index contributed by atoms with van der Waals surface area (Å²) in [5, 5.41) is 4.12. The number of benzene rings is 1. The maximum Gasteiger partial charge on any atom is 0.0963 e. The van der Waals surface area contributed by atoms with Crippen LogP contribution in [0.2, 0.25) is 5.02 Å². The summed E-state index contributed by atoms with van der Waals surface area (Å²) in [6, 6.07) is 7.92. The lowest BCUT2D eigenvalue weighted by atomic mass is 9.93. The van der Waals surface area contributed by atoms with Crippen molar-refractivity contribution < 1.29 is 4.74 Å². The van der Waals surface area contributed by atoms with Gasteiger partial charge >= 0.3 is 0 Å². The van der Waals surface area contributed by atoms with Gasteiger partial charge < -0.3 is 10.1 Å². The van der Waals surface area contributed by atoms with E-state index in [1.807, 2.05) is 24.3 Å². The average molecular weight is 284 g/mol. The highest BCUT2D eigenvalue weighted by molar-refractivity contribution is 6.31. The number of halogens is 1. The van der Waals surface area contributed by atoms with Crippen LogP contribution in [0.25, 0.3) is 0 Å². The molecule has 1 rings (SSSR count). The van der Waals surface area contributed by atoms with Crippen molar-refractivity contribution in [2.24, 2.45) is 5.41 Å². The third-order valence-corrected chi connectivity index (χ3v) is 3.35. The van der Waals surface area contributed by atoms with Crippen LogP contribution in [0.4, 0.5) is 0 Å². The molecule has 1 unspecified atom stereocenters. The summed E-state index contributed by atoms with van der Waals surface area (Å²) >= 11 is 6.26. The van der Waals surface area contributed by atoms with Crippen molar-refractivity contribution in [3.63, 3.8) is 0 Å². The first-order valence-corrected chi connectivity index (χ1v) is 7.38. The van der Waals surface area contributed by atoms with E-state index in [9.17, 15) is 0 Å². The Morgan fingerprint density at radius 1 is 1.26 bits per heavy atom. The highest BCUT2D eigenvalue weighted by atomic mass is 35.5. The minimum absolute atomic E-state index is 0.0241. The molecule has 1 aromatic carbocycles. The van der Waals surface area contributed by atoms with Crippen LogP contribution < -0.4 is 5.32 Å². The van der Waals surface area contributed by atoms with Crippen molar-refractivity contribution in [2.75, 3.05) is 19.7 Å². The molecule has 0 saturated heterocycles. The highest BCUT2D eigenvalue weighted by Crippen LogP contribution is 2.26. The fourth-order valence-corrected chi connectivity index (χ4v) is 2.04. The Hall–Kier alpha value is -0.570. The van der Waals surface area contributed by atoms with Crippen LogP contribution in [0.3, 0.4) is 0 Å². The quantitative estimate of drug-likeness (QED) is 0.798. The summed E-state index contributed by atoms with van der Waals surface area (Å²) in [6.07, 6.45) is 1.07. The van der Waals surface area contributed by atoms with Crippen molar-refractivity contribution >= 4 is 11.6 Å². The third kappa shape index (κ3) is 6.42. The smallest absolute Gasteiger partial charge is 0.0963 e. The Morgan fingerprint density at radius 3 is 2.53 bits per heavy atom. The van der Waals surface area contributed by atoms with Crippen molar-refractivity contribution in [3.8, 4) is 0 Å². The minimum atomic E-state index is 0.0241. The lowest BCUT2D eigenvalue weighted by Gasteiger charge is -2.23. The molecule has 1 aromatic rings. The van der Waals surface area contributed by atoms with Crippen LogP contribution >= 0.6 is 11.6 Å². The van der Waals surface area contributed by atoms with Crippen LogP contribution in [0.15, 0.2) is 24.3 Å². The topological polar surface area (TPSA) is 21.3 Å². The fourth-order valence-electron chi connectivity index (χ4n) is 1.78. The second kappa shape index (κ2) is 7.88. The summed E-state index contributed by atoms with van der Waals surface area (Å²) in [4.78, 5) is 0. The third-order valence-electron chi connectivity index (χ3n) is 3.00. The summed E-state index contributed by atoms with van der Waals surface area (Å²) in [6.45, 7) is 11.3. The number of hydrogen-bond donors (Lipinski definition) is 1. The van der Waals surface area contributed by atoms with Crippen LogP contribution in [-0.2, 0) is 4.74 Å². The van der Waals surface area contributed by atoms with Gasteiger partial charge in [-0.1, -0.05) is 57.5 Å². The molecule has 108 valence electrons. The van der Waals surface area contributed by atoms with Gasteiger partial charge in [-0.05, 0) is 24.4 Å². The number of ether oxygens (including phenoxy) is 1. The second-order valence-corrected chi connectivity index (χ2v) is 6.41. The van der Waals surface area contributed by atoms with Gasteiger partial charge in [0.05, 0.1) is 6.10 Å². The molecule has 19 heavy (non-hydrogen) atoms. The first kappa shape index (κ1) is 16.5. The largest absolute Gasteiger partial charge is 0.372 e. The Morgan fingerprint density at radius 2 is 1.95 bits per heavy atom. The Bertz CT molecular complexity index is 373. The van der Waals surface area contributed by atoms with Gasteiger partial charge in [-0.15, -0.1) is 0 Å². The molecule has 0 saturated carbocycles. The van der Waals surface area contributed by atoms with Gasteiger partial charge in [0.1, 0.15) is 0 Å². The van der Waals surface area contributed by atoms with Crippen LogP contribution in [-0.4, -0.2) is 19.7 Å². The molecule has 1 atom stereocenters. The average Bonchev–Trinajstić information content (AvgIpc) is 2.33. The molecule has 0 spiro atoms.